The van der Waals surface area contributed by atoms with Crippen molar-refractivity contribution in [3.8, 4) is 5.75 Å². The van der Waals surface area contributed by atoms with Gasteiger partial charge in [-0.3, -0.25) is 9.59 Å². The van der Waals surface area contributed by atoms with Crippen LogP contribution < -0.4 is 9.64 Å². The molecule has 1 saturated heterocycles. The van der Waals surface area contributed by atoms with Crippen LogP contribution in [0, 0.1) is 11.8 Å². The lowest BCUT2D eigenvalue weighted by molar-refractivity contribution is -0.122. The van der Waals surface area contributed by atoms with Gasteiger partial charge >= 0.3 is 5.97 Å². The van der Waals surface area contributed by atoms with Crippen LogP contribution in [0.5, 0.6) is 5.75 Å². The van der Waals surface area contributed by atoms with Gasteiger partial charge in [0.15, 0.2) is 0 Å². The van der Waals surface area contributed by atoms with Gasteiger partial charge in [-0.25, -0.2) is 9.69 Å². The molecule has 0 bridgehead atoms. The number of hydrogen-bond acceptors (Lipinski definition) is 4. The largest absolute Gasteiger partial charge is 0.423 e. The predicted molar refractivity (Wildman–Crippen MR) is 106 cm³/mol. The molecule has 2 amide bonds. The van der Waals surface area contributed by atoms with E-state index in [1.54, 1.807) is 24.3 Å². The Labute approximate surface area is 172 Å². The molecule has 7 heteroatoms. The Kier molecular flexibility index (Phi) is 5.13. The molecule has 2 atom stereocenters. The summed E-state index contributed by atoms with van der Waals surface area (Å²) in [6.45, 7) is 0. The van der Waals surface area contributed by atoms with Crippen molar-refractivity contribution in [2.24, 2.45) is 11.8 Å². The molecule has 5 nitrogen and oxygen atoms in total. The molecular formula is C21H17Cl2NO4. The van der Waals surface area contributed by atoms with Crippen molar-refractivity contribution < 1.29 is 19.1 Å². The summed E-state index contributed by atoms with van der Waals surface area (Å²) in [6.07, 6.45) is 3.42. The van der Waals surface area contributed by atoms with Crippen LogP contribution in [-0.2, 0) is 9.59 Å². The molecule has 2 unspecified atom stereocenters. The van der Waals surface area contributed by atoms with E-state index < -0.39 is 5.97 Å². The first-order valence-corrected chi connectivity index (χ1v) is 9.86. The molecule has 1 aliphatic carbocycles. The van der Waals surface area contributed by atoms with Crippen LogP contribution in [0.1, 0.15) is 36.0 Å². The highest BCUT2D eigenvalue weighted by Gasteiger charge is 2.48. The summed E-state index contributed by atoms with van der Waals surface area (Å²) in [6, 6.07) is 10.9. The van der Waals surface area contributed by atoms with E-state index in [2.05, 4.69) is 0 Å². The molecule has 1 aliphatic heterocycles. The van der Waals surface area contributed by atoms with Gasteiger partial charge in [0.05, 0.1) is 28.1 Å². The summed E-state index contributed by atoms with van der Waals surface area (Å²) < 4.78 is 5.39. The minimum absolute atomic E-state index is 0.168. The summed E-state index contributed by atoms with van der Waals surface area (Å²) in [7, 11) is 0. The number of hydrogen-bond donors (Lipinski definition) is 0. The van der Waals surface area contributed by atoms with Gasteiger partial charge < -0.3 is 4.74 Å². The second kappa shape index (κ2) is 7.57. The highest BCUT2D eigenvalue weighted by molar-refractivity contribution is 6.36. The molecule has 0 aromatic heterocycles. The topological polar surface area (TPSA) is 63.7 Å². The average molecular weight is 418 g/mol. The monoisotopic (exact) mass is 417 g/mol. The van der Waals surface area contributed by atoms with E-state index in [1.165, 1.54) is 23.1 Å². The smallest absolute Gasteiger partial charge is 0.345 e. The Morgan fingerprint density at radius 1 is 0.964 bits per heavy atom. The number of ether oxygens (including phenoxy) is 1. The van der Waals surface area contributed by atoms with E-state index in [1.807, 2.05) is 0 Å². The summed E-state index contributed by atoms with van der Waals surface area (Å²) in [5.74, 6) is -1.23. The van der Waals surface area contributed by atoms with Crippen molar-refractivity contribution in [2.75, 3.05) is 4.90 Å². The van der Waals surface area contributed by atoms with E-state index in [0.29, 0.717) is 10.7 Å². The number of fused-ring (bicyclic) bond motifs is 1. The number of imide groups is 1. The first kappa shape index (κ1) is 19.0. The quantitative estimate of drug-likeness (QED) is 0.405. The van der Waals surface area contributed by atoms with Crippen LogP contribution in [0.3, 0.4) is 0 Å². The maximum Gasteiger partial charge on any atom is 0.345 e. The molecule has 4 rings (SSSR count). The Balaban J connectivity index is 1.57. The molecule has 28 heavy (non-hydrogen) atoms. The zero-order valence-corrected chi connectivity index (χ0v) is 16.4. The van der Waals surface area contributed by atoms with Crippen LogP contribution >= 0.6 is 23.2 Å². The van der Waals surface area contributed by atoms with Gasteiger partial charge in [0.25, 0.3) is 0 Å². The molecule has 0 radical (unpaired) electrons. The molecule has 0 spiro atoms. The minimum atomic E-state index is -0.647. The second-order valence-corrected chi connectivity index (χ2v) is 7.86. The van der Waals surface area contributed by atoms with Crippen molar-refractivity contribution in [1.82, 2.24) is 0 Å². The molecule has 0 N–H and O–H groups in total. The normalized spacial score (nSPS) is 21.6. The van der Waals surface area contributed by atoms with Crippen molar-refractivity contribution in [3.05, 3.63) is 58.1 Å². The van der Waals surface area contributed by atoms with Gasteiger partial charge in [-0.15, -0.1) is 0 Å². The summed E-state index contributed by atoms with van der Waals surface area (Å²) in [5.41, 5.74) is 0.590. The zero-order valence-electron chi connectivity index (χ0n) is 14.9. The van der Waals surface area contributed by atoms with E-state index in [0.717, 1.165) is 25.7 Å². The summed E-state index contributed by atoms with van der Waals surface area (Å²) in [4.78, 5) is 39.1. The third-order valence-corrected chi connectivity index (χ3v) is 5.83. The highest BCUT2D eigenvalue weighted by atomic mass is 35.5. The number of carbonyl (C=O) groups excluding carboxylic acids is 3. The standard InChI is InChI=1S/C21H17Cl2NO4/c22-12-8-9-17(18(23)10-12)21(27)28-14-5-3-4-13(11-14)24-19(25)15-6-1-2-7-16(15)20(24)26/h3-5,8-11,15-16H,1-2,6-7H2. The van der Waals surface area contributed by atoms with Crippen molar-refractivity contribution >= 4 is 46.7 Å². The van der Waals surface area contributed by atoms with E-state index in [-0.39, 0.29) is 40.0 Å². The van der Waals surface area contributed by atoms with Gasteiger partial charge in [0.1, 0.15) is 5.75 Å². The van der Waals surface area contributed by atoms with Gasteiger partial charge in [0, 0.05) is 11.1 Å². The number of rotatable bonds is 3. The maximum atomic E-state index is 12.7. The number of esters is 1. The van der Waals surface area contributed by atoms with Crippen LogP contribution in [0.4, 0.5) is 5.69 Å². The van der Waals surface area contributed by atoms with E-state index in [4.69, 9.17) is 27.9 Å². The third kappa shape index (κ3) is 3.40. The Morgan fingerprint density at radius 3 is 2.29 bits per heavy atom. The van der Waals surface area contributed by atoms with Crippen molar-refractivity contribution in [1.29, 1.82) is 0 Å². The number of halogens is 2. The number of amides is 2. The van der Waals surface area contributed by atoms with Gasteiger partial charge in [-0.2, -0.15) is 0 Å². The molecule has 2 aliphatic rings. The Hall–Kier alpha value is -2.37. The van der Waals surface area contributed by atoms with E-state index in [9.17, 15) is 14.4 Å². The molecule has 1 heterocycles. The lowest BCUT2D eigenvalue weighted by Gasteiger charge is -2.19. The zero-order chi connectivity index (χ0) is 19.8. The lowest BCUT2D eigenvalue weighted by Crippen LogP contribution is -2.30. The first-order chi connectivity index (χ1) is 13.5. The first-order valence-electron chi connectivity index (χ1n) is 9.11. The summed E-state index contributed by atoms with van der Waals surface area (Å²) >= 11 is 11.9. The molecule has 2 aromatic rings. The molecular weight excluding hydrogens is 401 g/mol. The van der Waals surface area contributed by atoms with Crippen LogP contribution in [0.2, 0.25) is 10.0 Å². The SMILES string of the molecule is O=C(Oc1cccc(N2C(=O)C3CCCCC3C2=O)c1)c1ccc(Cl)cc1Cl. The summed E-state index contributed by atoms with van der Waals surface area (Å²) in [5, 5.41) is 0.596. The number of benzene rings is 2. The fourth-order valence-corrected chi connectivity index (χ4v) is 4.41. The fourth-order valence-electron chi connectivity index (χ4n) is 3.92. The van der Waals surface area contributed by atoms with Crippen molar-refractivity contribution in [2.45, 2.75) is 25.7 Å². The molecule has 2 aromatic carbocycles. The highest BCUT2D eigenvalue weighted by Crippen LogP contribution is 2.40. The molecule has 1 saturated carbocycles. The van der Waals surface area contributed by atoms with Gasteiger partial charge in [0.2, 0.25) is 11.8 Å². The minimum Gasteiger partial charge on any atom is -0.423 e. The van der Waals surface area contributed by atoms with E-state index >= 15 is 0 Å². The van der Waals surface area contributed by atoms with Crippen LogP contribution in [0.25, 0.3) is 0 Å². The maximum absolute atomic E-state index is 12.7. The fraction of sp³-hybridized carbons (Fsp3) is 0.286. The predicted octanol–water partition coefficient (Wildman–Crippen LogP) is 4.89. The third-order valence-electron chi connectivity index (χ3n) is 5.28. The Morgan fingerprint density at radius 2 is 1.64 bits per heavy atom. The lowest BCUT2D eigenvalue weighted by atomic mass is 9.81. The van der Waals surface area contributed by atoms with Crippen molar-refractivity contribution in [3.63, 3.8) is 0 Å². The van der Waals surface area contributed by atoms with Gasteiger partial charge in [-0.05, 0) is 43.2 Å². The second-order valence-electron chi connectivity index (χ2n) is 7.02. The average Bonchev–Trinajstić information content (AvgIpc) is 2.93. The van der Waals surface area contributed by atoms with Crippen LogP contribution in [-0.4, -0.2) is 17.8 Å². The number of anilines is 1. The van der Waals surface area contributed by atoms with Crippen LogP contribution in [0.15, 0.2) is 42.5 Å². The van der Waals surface area contributed by atoms with Gasteiger partial charge in [-0.1, -0.05) is 42.1 Å². The Bertz CT molecular complexity index is 951. The molecule has 2 fully saturated rings. The number of carbonyl (C=O) groups is 3. The molecule has 144 valence electrons. The number of nitrogens with zero attached hydrogens (tertiary/aromatic N) is 1.